The van der Waals surface area contributed by atoms with Gasteiger partial charge in [0.2, 0.25) is 0 Å². The summed E-state index contributed by atoms with van der Waals surface area (Å²) in [5, 5.41) is 11.7. The Morgan fingerprint density at radius 3 is 2.87 bits per heavy atom. The van der Waals surface area contributed by atoms with Gasteiger partial charge in [-0.2, -0.15) is 0 Å². The summed E-state index contributed by atoms with van der Waals surface area (Å²) < 4.78 is 11.0. The van der Waals surface area contributed by atoms with E-state index in [1.165, 1.54) is 0 Å². The number of anilines is 1. The predicted octanol–water partition coefficient (Wildman–Crippen LogP) is 1.61. The second kappa shape index (κ2) is 3.38. The second-order valence-electron chi connectivity index (χ2n) is 3.43. The molecule has 0 saturated carbocycles. The molecule has 0 aromatic heterocycles. The Morgan fingerprint density at radius 1 is 1.47 bits per heavy atom. The smallest absolute Gasteiger partial charge is 0.360 e. The average molecular weight is 226 g/mol. The van der Waals surface area contributed by atoms with Gasteiger partial charge in [0.05, 0.1) is 11.4 Å². The van der Waals surface area contributed by atoms with Gasteiger partial charge in [-0.05, 0) is 17.7 Å². The molecule has 0 saturated heterocycles. The van der Waals surface area contributed by atoms with Crippen LogP contribution in [0.25, 0.3) is 6.08 Å². The van der Waals surface area contributed by atoms with E-state index in [9.17, 15) is 9.67 Å². The summed E-state index contributed by atoms with van der Waals surface area (Å²) in [4.78, 5) is 9.01. The van der Waals surface area contributed by atoms with Crippen molar-refractivity contribution in [3.05, 3.63) is 35.1 Å². The average Bonchev–Trinajstić information content (AvgIpc) is 2.43. The minimum atomic E-state index is -3.80. The van der Waals surface area contributed by atoms with Gasteiger partial charge >= 0.3 is 7.67 Å². The van der Waals surface area contributed by atoms with Crippen molar-refractivity contribution in [1.82, 2.24) is 0 Å². The van der Waals surface area contributed by atoms with Gasteiger partial charge < -0.3 is 15.1 Å². The highest BCUT2D eigenvalue weighted by Gasteiger charge is 2.18. The van der Waals surface area contributed by atoms with Gasteiger partial charge in [0.15, 0.2) is 0 Å². The molecule has 1 unspecified atom stereocenters. The van der Waals surface area contributed by atoms with E-state index < -0.39 is 7.67 Å². The summed E-state index contributed by atoms with van der Waals surface area (Å²) in [5.41, 5.74) is 7.10. The van der Waals surface area contributed by atoms with Crippen molar-refractivity contribution in [1.29, 1.82) is 0 Å². The third-order valence-corrected chi connectivity index (χ3v) is 2.72. The van der Waals surface area contributed by atoms with E-state index in [1.54, 1.807) is 18.2 Å². The number of hydrogen-bond acceptors (Lipinski definition) is 2. The Hall–Kier alpha value is -1.29. The Balaban J connectivity index is 2.42. The zero-order valence-corrected chi connectivity index (χ0v) is 8.74. The topological polar surface area (TPSA) is 95.6 Å². The van der Waals surface area contributed by atoms with Crippen LogP contribution in [0.2, 0.25) is 0 Å². The van der Waals surface area contributed by atoms with E-state index >= 15 is 0 Å². The first-order valence-electron chi connectivity index (χ1n) is 4.37. The van der Waals surface area contributed by atoms with Crippen LogP contribution in [-0.2, 0) is 11.0 Å². The molecule has 0 aliphatic heterocycles. The maximum absolute atomic E-state index is 11.0. The molecule has 0 heterocycles. The van der Waals surface area contributed by atoms with Crippen LogP contribution in [0.15, 0.2) is 24.0 Å². The molecule has 0 bridgehead atoms. The van der Waals surface area contributed by atoms with Gasteiger partial charge in [0.25, 0.3) is 0 Å². The molecule has 0 amide bonds. The highest BCUT2D eigenvalue weighted by molar-refractivity contribution is 7.57. The molecule has 5 nitrogen and oxygen atoms in total. The number of aliphatic hydroxyl groups is 1. The highest BCUT2D eigenvalue weighted by Crippen LogP contribution is 2.37. The van der Waals surface area contributed by atoms with Crippen LogP contribution in [0.3, 0.4) is 0 Å². The number of allylic oxidation sites excluding steroid dienone is 1. The first-order valence-corrected chi connectivity index (χ1v) is 6.10. The molecule has 1 aromatic carbocycles. The first-order chi connectivity index (χ1) is 6.96. The molecule has 0 fully saturated rings. The molecule has 1 atom stereocenters. The molecular weight excluding hydrogens is 215 g/mol. The molecule has 5 N–H and O–H groups in total. The normalized spacial score (nSPS) is 17.9. The van der Waals surface area contributed by atoms with E-state index in [-0.39, 0.29) is 5.76 Å². The predicted molar refractivity (Wildman–Crippen MR) is 58.4 cm³/mol. The highest BCUT2D eigenvalue weighted by atomic mass is 31.2. The van der Waals surface area contributed by atoms with Crippen molar-refractivity contribution in [3.63, 3.8) is 0 Å². The van der Waals surface area contributed by atoms with Crippen molar-refractivity contribution < 1.29 is 14.6 Å². The standard InChI is InChI=1S/C9H11N2O3P/c10-15(13,14)11-9-3-1-2-6-4-7(12)5-8(6)9/h1-3,5,12H,4H2,(H4,10,11,13,14). The van der Waals surface area contributed by atoms with Gasteiger partial charge in [-0.15, -0.1) is 0 Å². The van der Waals surface area contributed by atoms with Gasteiger partial charge in [-0.25, -0.2) is 10.1 Å². The maximum atomic E-state index is 11.0. The van der Waals surface area contributed by atoms with Crippen LogP contribution in [0.1, 0.15) is 11.1 Å². The van der Waals surface area contributed by atoms with Gasteiger partial charge in [0, 0.05) is 12.0 Å². The van der Waals surface area contributed by atoms with Crippen LogP contribution in [0, 0.1) is 0 Å². The van der Waals surface area contributed by atoms with Gasteiger partial charge in [0.1, 0.15) is 0 Å². The summed E-state index contributed by atoms with van der Waals surface area (Å²) in [6, 6.07) is 5.23. The van der Waals surface area contributed by atoms with Gasteiger partial charge in [-0.1, -0.05) is 12.1 Å². The minimum absolute atomic E-state index is 0.240. The number of benzene rings is 1. The van der Waals surface area contributed by atoms with Crippen LogP contribution in [0.4, 0.5) is 5.69 Å². The summed E-state index contributed by atoms with van der Waals surface area (Å²) in [6.45, 7) is 0. The number of nitrogens with two attached hydrogens (primary N) is 1. The molecule has 2 rings (SSSR count). The number of hydrogen-bond donors (Lipinski definition) is 4. The summed E-state index contributed by atoms with van der Waals surface area (Å²) in [5.74, 6) is 0.240. The lowest BCUT2D eigenvalue weighted by Crippen LogP contribution is -2.05. The first kappa shape index (κ1) is 10.2. The zero-order chi connectivity index (χ0) is 11.1. The quantitative estimate of drug-likeness (QED) is 0.574. The third kappa shape index (κ3) is 2.21. The molecule has 0 radical (unpaired) electrons. The van der Waals surface area contributed by atoms with Crippen molar-refractivity contribution in [2.75, 3.05) is 5.09 Å². The van der Waals surface area contributed by atoms with Gasteiger partial charge in [-0.3, -0.25) is 0 Å². The monoisotopic (exact) mass is 226 g/mol. The fraction of sp³-hybridized carbons (Fsp3) is 0.111. The third-order valence-electron chi connectivity index (χ3n) is 2.16. The van der Waals surface area contributed by atoms with Crippen molar-refractivity contribution in [2.24, 2.45) is 5.50 Å². The van der Waals surface area contributed by atoms with Crippen LogP contribution in [-0.4, -0.2) is 10.00 Å². The Bertz CT molecular complexity index is 478. The fourth-order valence-corrected chi connectivity index (χ4v) is 2.16. The Labute approximate surface area is 86.8 Å². The summed E-state index contributed by atoms with van der Waals surface area (Å²) in [7, 11) is -3.80. The SMILES string of the molecule is NP(=O)(O)Nc1cccc2c1C=C(O)C2. The second-order valence-corrected chi connectivity index (χ2v) is 4.89. The molecule has 1 aromatic rings. The van der Waals surface area contributed by atoms with E-state index in [0.717, 1.165) is 11.1 Å². The maximum Gasteiger partial charge on any atom is 0.360 e. The summed E-state index contributed by atoms with van der Waals surface area (Å²) in [6.07, 6.45) is 2.01. The molecule has 15 heavy (non-hydrogen) atoms. The Kier molecular flexibility index (Phi) is 2.31. The number of aliphatic hydroxyl groups excluding tert-OH is 1. The molecular formula is C9H11N2O3P. The number of rotatable bonds is 2. The molecule has 0 spiro atoms. The van der Waals surface area contributed by atoms with Crippen molar-refractivity contribution in [2.45, 2.75) is 6.42 Å². The molecule has 80 valence electrons. The largest absolute Gasteiger partial charge is 0.512 e. The van der Waals surface area contributed by atoms with E-state index in [1.807, 2.05) is 6.07 Å². The molecule has 1 aliphatic rings. The van der Waals surface area contributed by atoms with E-state index in [2.05, 4.69) is 5.09 Å². The minimum Gasteiger partial charge on any atom is -0.512 e. The molecule has 6 heteroatoms. The van der Waals surface area contributed by atoms with Crippen molar-refractivity contribution in [3.8, 4) is 0 Å². The number of nitrogens with one attached hydrogen (secondary N) is 1. The lowest BCUT2D eigenvalue weighted by molar-refractivity contribution is 0.408. The number of fused-ring (bicyclic) bond motifs is 1. The van der Waals surface area contributed by atoms with E-state index in [0.29, 0.717) is 12.1 Å². The lowest BCUT2D eigenvalue weighted by Gasteiger charge is -2.11. The van der Waals surface area contributed by atoms with Crippen molar-refractivity contribution >= 4 is 19.4 Å². The van der Waals surface area contributed by atoms with Crippen LogP contribution < -0.4 is 10.6 Å². The summed E-state index contributed by atoms with van der Waals surface area (Å²) >= 11 is 0. The lowest BCUT2D eigenvalue weighted by atomic mass is 10.1. The van der Waals surface area contributed by atoms with E-state index in [4.69, 9.17) is 10.4 Å². The fourth-order valence-electron chi connectivity index (χ4n) is 1.62. The Morgan fingerprint density at radius 2 is 2.20 bits per heavy atom. The van der Waals surface area contributed by atoms with Crippen LogP contribution >= 0.6 is 7.67 Å². The van der Waals surface area contributed by atoms with Crippen LogP contribution in [0.5, 0.6) is 0 Å². The zero-order valence-electron chi connectivity index (χ0n) is 7.84. The molecule has 1 aliphatic carbocycles.